The predicted molar refractivity (Wildman–Crippen MR) is 67.8 cm³/mol. The molecule has 4 nitrogen and oxygen atoms in total. The minimum absolute atomic E-state index is 0.612. The molecule has 1 aliphatic heterocycles. The lowest BCUT2D eigenvalue weighted by molar-refractivity contribution is 0.106. The molecule has 1 aliphatic carbocycles. The molecule has 2 aliphatic rings. The molecule has 4 heteroatoms. The van der Waals surface area contributed by atoms with Crippen molar-refractivity contribution in [1.82, 2.24) is 19.8 Å². The van der Waals surface area contributed by atoms with Gasteiger partial charge < -0.3 is 9.88 Å². The molecule has 1 saturated carbocycles. The van der Waals surface area contributed by atoms with Crippen LogP contribution in [0.5, 0.6) is 0 Å². The van der Waals surface area contributed by atoms with Crippen LogP contribution >= 0.6 is 0 Å². The largest absolute Gasteiger partial charge is 0.330 e. The van der Waals surface area contributed by atoms with Crippen LogP contribution in [0.3, 0.4) is 0 Å². The quantitative estimate of drug-likeness (QED) is 0.858. The second-order valence-electron chi connectivity index (χ2n) is 5.55. The Morgan fingerprint density at radius 2 is 2.00 bits per heavy atom. The van der Waals surface area contributed by atoms with E-state index in [0.29, 0.717) is 12.1 Å². The molecule has 0 bridgehead atoms. The maximum absolute atomic E-state index is 4.32. The van der Waals surface area contributed by atoms with E-state index in [0.717, 1.165) is 25.7 Å². The average Bonchev–Trinajstić information content (AvgIpc) is 3.04. The first kappa shape index (κ1) is 11.2. The summed E-state index contributed by atoms with van der Waals surface area (Å²) in [6.45, 7) is 7.85. The third kappa shape index (κ3) is 2.24. The third-order valence-electron chi connectivity index (χ3n) is 4.04. The number of nitrogens with zero attached hydrogens (tertiary/aromatic N) is 3. The van der Waals surface area contributed by atoms with Crippen molar-refractivity contribution < 1.29 is 0 Å². The Labute approximate surface area is 103 Å². The van der Waals surface area contributed by atoms with Crippen LogP contribution in [-0.4, -0.2) is 39.6 Å². The molecule has 1 aromatic rings. The van der Waals surface area contributed by atoms with Crippen molar-refractivity contribution in [3.8, 4) is 0 Å². The van der Waals surface area contributed by atoms with Crippen LogP contribution in [0, 0.1) is 0 Å². The molecule has 0 amide bonds. The molecule has 1 aromatic heterocycles. The minimum atomic E-state index is 0.612. The molecule has 17 heavy (non-hydrogen) atoms. The van der Waals surface area contributed by atoms with E-state index in [1.54, 1.807) is 0 Å². The summed E-state index contributed by atoms with van der Waals surface area (Å²) in [6.07, 6.45) is 6.70. The van der Waals surface area contributed by atoms with Crippen molar-refractivity contribution in [3.05, 3.63) is 18.2 Å². The second-order valence-corrected chi connectivity index (χ2v) is 5.55. The third-order valence-corrected chi connectivity index (χ3v) is 4.04. The Morgan fingerprint density at radius 3 is 2.65 bits per heavy atom. The molecule has 94 valence electrons. The molecule has 2 unspecified atom stereocenters. The SMILES string of the molecule is CC1CNCC(C)N1Cc1cncn1C1CC1. The Morgan fingerprint density at radius 1 is 1.29 bits per heavy atom. The molecule has 3 rings (SSSR count). The van der Waals surface area contributed by atoms with Crippen LogP contribution in [-0.2, 0) is 6.54 Å². The molecular formula is C13H22N4. The molecular weight excluding hydrogens is 212 g/mol. The summed E-state index contributed by atoms with van der Waals surface area (Å²) in [7, 11) is 0. The topological polar surface area (TPSA) is 33.1 Å². The van der Waals surface area contributed by atoms with Crippen LogP contribution in [0.4, 0.5) is 0 Å². The summed E-state index contributed by atoms with van der Waals surface area (Å²) in [5, 5.41) is 3.48. The summed E-state index contributed by atoms with van der Waals surface area (Å²) in [4.78, 5) is 6.91. The molecule has 2 heterocycles. The summed E-state index contributed by atoms with van der Waals surface area (Å²) in [6, 6.07) is 1.96. The van der Waals surface area contributed by atoms with Crippen molar-refractivity contribution in [2.24, 2.45) is 0 Å². The number of piperazine rings is 1. The van der Waals surface area contributed by atoms with Gasteiger partial charge in [-0.2, -0.15) is 0 Å². The van der Waals surface area contributed by atoms with Gasteiger partial charge in [-0.25, -0.2) is 4.98 Å². The van der Waals surface area contributed by atoms with Crippen molar-refractivity contribution in [3.63, 3.8) is 0 Å². The highest BCUT2D eigenvalue weighted by Crippen LogP contribution is 2.36. The van der Waals surface area contributed by atoms with Crippen LogP contribution in [0.1, 0.15) is 38.4 Å². The first-order valence-electron chi connectivity index (χ1n) is 6.73. The summed E-state index contributed by atoms with van der Waals surface area (Å²) < 4.78 is 2.38. The van der Waals surface area contributed by atoms with Crippen LogP contribution < -0.4 is 5.32 Å². The van der Waals surface area contributed by atoms with Gasteiger partial charge >= 0.3 is 0 Å². The van der Waals surface area contributed by atoms with E-state index < -0.39 is 0 Å². The monoisotopic (exact) mass is 234 g/mol. The second kappa shape index (κ2) is 4.42. The number of hydrogen-bond acceptors (Lipinski definition) is 3. The molecule has 0 radical (unpaired) electrons. The molecule has 0 aromatic carbocycles. The van der Waals surface area contributed by atoms with Gasteiger partial charge in [0.05, 0.1) is 12.0 Å². The Balaban J connectivity index is 1.74. The zero-order valence-electron chi connectivity index (χ0n) is 10.8. The smallest absolute Gasteiger partial charge is 0.0951 e. The van der Waals surface area contributed by atoms with E-state index in [-0.39, 0.29) is 0 Å². The molecule has 2 atom stereocenters. The number of imidazole rings is 1. The number of aromatic nitrogens is 2. The van der Waals surface area contributed by atoms with Gasteiger partial charge in [0.15, 0.2) is 0 Å². The average molecular weight is 234 g/mol. The highest BCUT2D eigenvalue weighted by molar-refractivity contribution is 5.04. The number of nitrogens with one attached hydrogen (secondary N) is 1. The fourth-order valence-electron chi connectivity index (χ4n) is 2.80. The van der Waals surface area contributed by atoms with E-state index in [2.05, 4.69) is 33.6 Å². The van der Waals surface area contributed by atoms with Gasteiger partial charge in [0.2, 0.25) is 0 Å². The van der Waals surface area contributed by atoms with Gasteiger partial charge in [-0.05, 0) is 26.7 Å². The van der Waals surface area contributed by atoms with Crippen LogP contribution in [0.15, 0.2) is 12.5 Å². The first-order chi connectivity index (χ1) is 8.25. The van der Waals surface area contributed by atoms with E-state index in [4.69, 9.17) is 0 Å². The van der Waals surface area contributed by atoms with Crippen LogP contribution in [0.25, 0.3) is 0 Å². The van der Waals surface area contributed by atoms with Crippen molar-refractivity contribution >= 4 is 0 Å². The lowest BCUT2D eigenvalue weighted by atomic mass is 10.1. The van der Waals surface area contributed by atoms with Crippen molar-refractivity contribution in [2.75, 3.05) is 13.1 Å². The fourth-order valence-corrected chi connectivity index (χ4v) is 2.80. The van der Waals surface area contributed by atoms with Gasteiger partial charge in [-0.15, -0.1) is 0 Å². The maximum atomic E-state index is 4.32. The van der Waals surface area contributed by atoms with Gasteiger partial charge in [-0.3, -0.25) is 4.90 Å². The Bertz CT molecular complexity index is 373. The van der Waals surface area contributed by atoms with Crippen molar-refractivity contribution in [2.45, 2.75) is 51.4 Å². The Hall–Kier alpha value is -0.870. The van der Waals surface area contributed by atoms with Crippen molar-refractivity contribution in [1.29, 1.82) is 0 Å². The molecule has 1 N–H and O–H groups in total. The van der Waals surface area contributed by atoms with Gasteiger partial charge in [0.1, 0.15) is 0 Å². The lowest BCUT2D eigenvalue weighted by Gasteiger charge is -2.39. The normalized spacial score (nSPS) is 30.7. The molecule has 0 spiro atoms. The summed E-state index contributed by atoms with van der Waals surface area (Å²) >= 11 is 0. The van der Waals surface area contributed by atoms with E-state index >= 15 is 0 Å². The number of hydrogen-bond donors (Lipinski definition) is 1. The van der Waals surface area contributed by atoms with Gasteiger partial charge in [-0.1, -0.05) is 0 Å². The summed E-state index contributed by atoms with van der Waals surface area (Å²) in [5.74, 6) is 0. The first-order valence-corrected chi connectivity index (χ1v) is 6.73. The van der Waals surface area contributed by atoms with E-state index in [1.165, 1.54) is 18.5 Å². The standard InChI is InChI=1S/C13H22N4/c1-10-5-14-6-11(2)16(10)8-13-7-15-9-17(13)12-3-4-12/h7,9-12,14H,3-6,8H2,1-2H3. The van der Waals surface area contributed by atoms with Gasteiger partial charge in [0.25, 0.3) is 0 Å². The van der Waals surface area contributed by atoms with E-state index in [1.807, 2.05) is 12.5 Å². The highest BCUT2D eigenvalue weighted by Gasteiger charge is 2.29. The lowest BCUT2D eigenvalue weighted by Crippen LogP contribution is -2.54. The predicted octanol–water partition coefficient (Wildman–Crippen LogP) is 1.40. The molecule has 2 fully saturated rings. The molecule has 1 saturated heterocycles. The Kier molecular flexibility index (Phi) is 2.92. The van der Waals surface area contributed by atoms with Crippen LogP contribution in [0.2, 0.25) is 0 Å². The minimum Gasteiger partial charge on any atom is -0.330 e. The number of rotatable bonds is 3. The van der Waals surface area contributed by atoms with E-state index in [9.17, 15) is 0 Å². The highest BCUT2D eigenvalue weighted by atomic mass is 15.3. The maximum Gasteiger partial charge on any atom is 0.0951 e. The summed E-state index contributed by atoms with van der Waals surface area (Å²) in [5.41, 5.74) is 1.38. The zero-order valence-corrected chi connectivity index (χ0v) is 10.8. The van der Waals surface area contributed by atoms with Gasteiger partial charge in [0, 0.05) is 44.0 Å². The zero-order chi connectivity index (χ0) is 11.8. The fraction of sp³-hybridized carbons (Fsp3) is 0.769.